The van der Waals surface area contributed by atoms with Gasteiger partial charge in [-0.3, -0.25) is 14.6 Å². The molecule has 1 rings (SSSR count). The highest BCUT2D eigenvalue weighted by Gasteiger charge is 2.31. The summed E-state index contributed by atoms with van der Waals surface area (Å²) in [4.78, 5) is 28.0. The van der Waals surface area contributed by atoms with Crippen LogP contribution in [0.4, 0.5) is 0 Å². The number of hydrogen-bond acceptors (Lipinski definition) is 4. The first-order valence-corrected chi connectivity index (χ1v) is 5.07. The van der Waals surface area contributed by atoms with Crippen LogP contribution in [-0.2, 0) is 9.59 Å². The zero-order valence-electron chi connectivity index (χ0n) is 8.40. The van der Waals surface area contributed by atoms with Gasteiger partial charge in [0.2, 0.25) is 11.8 Å². The summed E-state index contributed by atoms with van der Waals surface area (Å²) in [7, 11) is 4.96. The molecule has 1 N–H and O–H groups in total. The Morgan fingerprint density at radius 1 is 1.64 bits per heavy atom. The van der Waals surface area contributed by atoms with Crippen molar-refractivity contribution in [1.29, 1.82) is 0 Å². The predicted molar refractivity (Wildman–Crippen MR) is 56.2 cm³/mol. The van der Waals surface area contributed by atoms with Crippen molar-refractivity contribution in [3.63, 3.8) is 0 Å². The Morgan fingerprint density at radius 3 is 2.71 bits per heavy atom. The van der Waals surface area contributed by atoms with Gasteiger partial charge >= 0.3 is 0 Å². The van der Waals surface area contributed by atoms with Crippen LogP contribution in [0.3, 0.4) is 0 Å². The number of amides is 2. The molecule has 1 heterocycles. The van der Waals surface area contributed by atoms with E-state index < -0.39 is 0 Å². The molecule has 2 amide bonds. The fourth-order valence-electron chi connectivity index (χ4n) is 0.988. The number of hydrogen-bond donors (Lipinski definition) is 1. The average Bonchev–Trinajstić information content (AvgIpc) is 2.47. The molecule has 1 saturated heterocycles. The second-order valence-corrected chi connectivity index (χ2v) is 4.31. The molecule has 1 unspecified atom stereocenters. The first-order valence-electron chi connectivity index (χ1n) is 4.19. The van der Waals surface area contributed by atoms with Crippen LogP contribution in [-0.4, -0.2) is 48.3 Å². The molecular weight excluding hydrogens is 202 g/mol. The summed E-state index contributed by atoms with van der Waals surface area (Å²) in [5.74, 6) is -0.180. The summed E-state index contributed by atoms with van der Waals surface area (Å²) in [6.07, 6.45) is 0.225. The van der Waals surface area contributed by atoms with E-state index in [1.165, 1.54) is 16.7 Å². The van der Waals surface area contributed by atoms with Crippen molar-refractivity contribution < 1.29 is 9.59 Å². The smallest absolute Gasteiger partial charge is 0.240 e. The molecule has 5 nitrogen and oxygen atoms in total. The van der Waals surface area contributed by atoms with Gasteiger partial charge in [0.1, 0.15) is 5.25 Å². The van der Waals surface area contributed by atoms with Crippen LogP contribution in [0, 0.1) is 0 Å². The lowest BCUT2D eigenvalue weighted by Gasteiger charge is -2.11. The van der Waals surface area contributed by atoms with E-state index in [1.807, 2.05) is 0 Å². The van der Waals surface area contributed by atoms with Gasteiger partial charge in [-0.05, 0) is 0 Å². The zero-order valence-corrected chi connectivity index (χ0v) is 9.22. The van der Waals surface area contributed by atoms with E-state index in [-0.39, 0.29) is 23.5 Å². The molecule has 0 spiro atoms. The monoisotopic (exact) mass is 215 g/mol. The number of carbonyl (C=O) groups is 2. The van der Waals surface area contributed by atoms with Crippen molar-refractivity contribution in [1.82, 2.24) is 10.2 Å². The summed E-state index contributed by atoms with van der Waals surface area (Å²) in [6.45, 7) is 0. The lowest BCUT2D eigenvalue weighted by Crippen LogP contribution is -2.30. The van der Waals surface area contributed by atoms with Crippen molar-refractivity contribution in [2.75, 3.05) is 21.1 Å². The highest BCUT2D eigenvalue weighted by atomic mass is 32.2. The summed E-state index contributed by atoms with van der Waals surface area (Å²) in [5.41, 5.74) is 0. The topological polar surface area (TPSA) is 61.8 Å². The normalized spacial score (nSPS) is 23.8. The third-order valence-corrected chi connectivity index (χ3v) is 3.01. The maximum atomic E-state index is 11.3. The highest BCUT2D eigenvalue weighted by molar-refractivity contribution is 8.15. The molecule has 1 fully saturated rings. The molecular formula is C8H13N3O2S. The van der Waals surface area contributed by atoms with Crippen LogP contribution >= 0.6 is 11.8 Å². The standard InChI is InChI=1S/C8H13N3O2S/c1-9-8-10-7(13)5(14-8)4-6(12)11(2)3/h5H,4H2,1-3H3,(H,9,10,13). The van der Waals surface area contributed by atoms with Crippen LogP contribution in [0.25, 0.3) is 0 Å². The predicted octanol–water partition coefficient (Wildman–Crippen LogP) is -0.318. The molecule has 6 heteroatoms. The molecule has 0 aromatic carbocycles. The summed E-state index contributed by atoms with van der Waals surface area (Å²) in [6, 6.07) is 0. The van der Waals surface area contributed by atoms with Gasteiger partial charge in [0.05, 0.1) is 0 Å². The van der Waals surface area contributed by atoms with Crippen molar-refractivity contribution in [2.45, 2.75) is 11.7 Å². The number of rotatable bonds is 2. The Balaban J connectivity index is 2.55. The van der Waals surface area contributed by atoms with Crippen LogP contribution in [0.2, 0.25) is 0 Å². The van der Waals surface area contributed by atoms with Crippen molar-refractivity contribution in [3.05, 3.63) is 0 Å². The largest absolute Gasteiger partial charge is 0.349 e. The average molecular weight is 215 g/mol. The lowest BCUT2D eigenvalue weighted by molar-refractivity contribution is -0.130. The van der Waals surface area contributed by atoms with Gasteiger partial charge in [-0.25, -0.2) is 0 Å². The molecule has 0 aliphatic carbocycles. The fraction of sp³-hybridized carbons (Fsp3) is 0.625. The molecule has 0 aromatic heterocycles. The number of thioether (sulfide) groups is 1. The first kappa shape index (κ1) is 11.0. The van der Waals surface area contributed by atoms with Gasteiger partial charge < -0.3 is 10.2 Å². The number of amidine groups is 1. The van der Waals surface area contributed by atoms with Gasteiger partial charge in [-0.1, -0.05) is 11.8 Å². The molecule has 1 aliphatic heterocycles. The molecule has 0 saturated carbocycles. The summed E-state index contributed by atoms with van der Waals surface area (Å²) >= 11 is 1.31. The van der Waals surface area contributed by atoms with Crippen LogP contribution in [0.5, 0.6) is 0 Å². The van der Waals surface area contributed by atoms with Gasteiger partial charge in [-0.15, -0.1) is 0 Å². The van der Waals surface area contributed by atoms with Gasteiger partial charge in [-0.2, -0.15) is 0 Å². The third-order valence-electron chi connectivity index (χ3n) is 1.84. The van der Waals surface area contributed by atoms with Crippen LogP contribution < -0.4 is 5.32 Å². The van der Waals surface area contributed by atoms with Crippen molar-refractivity contribution >= 4 is 28.7 Å². The van der Waals surface area contributed by atoms with Crippen LogP contribution in [0.15, 0.2) is 4.99 Å². The minimum atomic E-state index is -0.330. The quantitative estimate of drug-likeness (QED) is 0.687. The summed E-state index contributed by atoms with van der Waals surface area (Å²) < 4.78 is 0. The molecule has 0 aromatic rings. The minimum Gasteiger partial charge on any atom is -0.349 e. The van der Waals surface area contributed by atoms with Crippen LogP contribution in [0.1, 0.15) is 6.42 Å². The Bertz CT molecular complexity index is 288. The van der Waals surface area contributed by atoms with E-state index >= 15 is 0 Å². The number of nitrogens with one attached hydrogen (secondary N) is 1. The van der Waals surface area contributed by atoms with E-state index in [0.29, 0.717) is 5.17 Å². The first-order chi connectivity index (χ1) is 6.54. The maximum absolute atomic E-state index is 11.3. The molecule has 0 radical (unpaired) electrons. The third kappa shape index (κ3) is 2.47. The maximum Gasteiger partial charge on any atom is 0.240 e. The highest BCUT2D eigenvalue weighted by Crippen LogP contribution is 2.22. The summed E-state index contributed by atoms with van der Waals surface area (Å²) in [5, 5.41) is 2.86. The Labute approximate surface area is 86.9 Å². The second-order valence-electron chi connectivity index (χ2n) is 3.12. The number of nitrogens with zero attached hydrogens (tertiary/aromatic N) is 2. The SMILES string of the molecule is CN=C1NC(=O)C(CC(=O)N(C)C)S1. The molecule has 0 bridgehead atoms. The lowest BCUT2D eigenvalue weighted by atomic mass is 10.2. The Kier molecular flexibility index (Phi) is 3.51. The molecule has 14 heavy (non-hydrogen) atoms. The van der Waals surface area contributed by atoms with Gasteiger partial charge in [0.25, 0.3) is 0 Å². The van der Waals surface area contributed by atoms with Gasteiger partial charge in [0, 0.05) is 27.6 Å². The minimum absolute atomic E-state index is 0.0463. The fourth-order valence-corrected chi connectivity index (χ4v) is 1.91. The van der Waals surface area contributed by atoms with E-state index in [4.69, 9.17) is 0 Å². The van der Waals surface area contributed by atoms with Gasteiger partial charge in [0.15, 0.2) is 5.17 Å². The number of aliphatic imine (C=N–C) groups is 1. The van der Waals surface area contributed by atoms with Crippen molar-refractivity contribution in [2.24, 2.45) is 4.99 Å². The zero-order chi connectivity index (χ0) is 10.7. The molecule has 1 aliphatic rings. The second kappa shape index (κ2) is 4.45. The van der Waals surface area contributed by atoms with E-state index in [1.54, 1.807) is 21.1 Å². The van der Waals surface area contributed by atoms with E-state index in [0.717, 1.165) is 0 Å². The molecule has 78 valence electrons. The Hall–Kier alpha value is -1.04. The van der Waals surface area contributed by atoms with E-state index in [9.17, 15) is 9.59 Å². The molecule has 1 atom stereocenters. The Morgan fingerprint density at radius 2 is 2.29 bits per heavy atom. The number of carbonyl (C=O) groups excluding carboxylic acids is 2. The van der Waals surface area contributed by atoms with E-state index in [2.05, 4.69) is 10.3 Å². The van der Waals surface area contributed by atoms with Crippen molar-refractivity contribution in [3.8, 4) is 0 Å².